The number of esters is 1. The summed E-state index contributed by atoms with van der Waals surface area (Å²) in [6.45, 7) is 1.86. The lowest BCUT2D eigenvalue weighted by molar-refractivity contribution is -0.143. The zero-order valence-corrected chi connectivity index (χ0v) is 11.6. The number of terminal acetylenes is 1. The summed E-state index contributed by atoms with van der Waals surface area (Å²) in [5, 5.41) is 5.55. The second-order valence-electron chi connectivity index (χ2n) is 4.14. The molecule has 2 N–H and O–H groups in total. The SMILES string of the molecule is C#Cc1cccc(NC(=O)CN[C@@H](CC)C(=O)OC)c1. The second kappa shape index (κ2) is 7.97. The molecule has 0 bridgehead atoms. The molecule has 0 unspecified atom stereocenters. The van der Waals surface area contributed by atoms with E-state index in [9.17, 15) is 9.59 Å². The van der Waals surface area contributed by atoms with Gasteiger partial charge in [0.25, 0.3) is 0 Å². The predicted octanol–water partition coefficient (Wildman–Crippen LogP) is 1.15. The Bertz CT molecular complexity index is 520. The minimum absolute atomic E-state index is 0.0217. The summed E-state index contributed by atoms with van der Waals surface area (Å²) in [5.41, 5.74) is 1.31. The van der Waals surface area contributed by atoms with Crippen molar-refractivity contribution in [2.75, 3.05) is 19.0 Å². The molecule has 1 aromatic carbocycles. The van der Waals surface area contributed by atoms with Gasteiger partial charge in [-0.15, -0.1) is 6.42 Å². The van der Waals surface area contributed by atoms with Crippen LogP contribution in [0.3, 0.4) is 0 Å². The first-order valence-electron chi connectivity index (χ1n) is 6.28. The van der Waals surface area contributed by atoms with Gasteiger partial charge in [0.15, 0.2) is 0 Å². The summed E-state index contributed by atoms with van der Waals surface area (Å²) in [7, 11) is 1.32. The maximum absolute atomic E-state index is 11.8. The van der Waals surface area contributed by atoms with Crippen LogP contribution in [0.2, 0.25) is 0 Å². The minimum Gasteiger partial charge on any atom is -0.468 e. The van der Waals surface area contributed by atoms with E-state index in [0.29, 0.717) is 17.7 Å². The maximum Gasteiger partial charge on any atom is 0.322 e. The van der Waals surface area contributed by atoms with E-state index >= 15 is 0 Å². The largest absolute Gasteiger partial charge is 0.468 e. The number of anilines is 1. The van der Waals surface area contributed by atoms with Crippen LogP contribution < -0.4 is 10.6 Å². The zero-order valence-electron chi connectivity index (χ0n) is 11.6. The van der Waals surface area contributed by atoms with E-state index in [0.717, 1.165) is 0 Å². The number of ether oxygens (including phenoxy) is 1. The van der Waals surface area contributed by atoms with Gasteiger partial charge in [0.1, 0.15) is 6.04 Å². The molecule has 1 rings (SSSR count). The van der Waals surface area contributed by atoms with Crippen LogP contribution in [0.15, 0.2) is 24.3 Å². The van der Waals surface area contributed by atoms with Crippen LogP contribution in [0.4, 0.5) is 5.69 Å². The van der Waals surface area contributed by atoms with Crippen LogP contribution in [0.5, 0.6) is 0 Å². The van der Waals surface area contributed by atoms with Gasteiger partial charge in [0, 0.05) is 11.3 Å². The van der Waals surface area contributed by atoms with Crippen molar-refractivity contribution < 1.29 is 14.3 Å². The standard InChI is InChI=1S/C15H18N2O3/c1-4-11-7-6-8-12(9-11)17-14(18)10-16-13(5-2)15(19)20-3/h1,6-9,13,16H,5,10H2,2-3H3,(H,17,18)/t13-/m0/s1. The molecule has 0 aliphatic carbocycles. The molecule has 0 aliphatic heterocycles. The van der Waals surface area contributed by atoms with Crippen LogP contribution >= 0.6 is 0 Å². The molecule has 106 valence electrons. The van der Waals surface area contributed by atoms with Crippen molar-refractivity contribution in [1.82, 2.24) is 5.32 Å². The molecule has 0 fully saturated rings. The molecular formula is C15H18N2O3. The number of hydrogen-bond donors (Lipinski definition) is 2. The van der Waals surface area contributed by atoms with E-state index in [2.05, 4.69) is 21.3 Å². The Balaban J connectivity index is 2.51. The van der Waals surface area contributed by atoms with Crippen LogP contribution in [-0.4, -0.2) is 31.6 Å². The number of methoxy groups -OCH3 is 1. The fraction of sp³-hybridized carbons (Fsp3) is 0.333. The lowest BCUT2D eigenvalue weighted by Gasteiger charge is -2.14. The zero-order chi connectivity index (χ0) is 15.0. The van der Waals surface area contributed by atoms with Gasteiger partial charge in [0.05, 0.1) is 13.7 Å². The van der Waals surface area contributed by atoms with Crippen molar-refractivity contribution in [2.24, 2.45) is 0 Å². The van der Waals surface area contributed by atoms with E-state index in [1.165, 1.54) is 7.11 Å². The number of amides is 1. The van der Waals surface area contributed by atoms with E-state index in [1.54, 1.807) is 24.3 Å². The molecule has 5 nitrogen and oxygen atoms in total. The Labute approximate surface area is 118 Å². The average Bonchev–Trinajstić information content (AvgIpc) is 2.47. The third kappa shape index (κ3) is 4.75. The lowest BCUT2D eigenvalue weighted by atomic mass is 10.2. The van der Waals surface area contributed by atoms with Gasteiger partial charge in [-0.2, -0.15) is 0 Å². The molecule has 1 atom stereocenters. The Morgan fingerprint density at radius 1 is 1.45 bits per heavy atom. The van der Waals surface area contributed by atoms with E-state index in [-0.39, 0.29) is 18.4 Å². The first-order valence-corrected chi connectivity index (χ1v) is 6.28. The van der Waals surface area contributed by atoms with Gasteiger partial charge >= 0.3 is 5.97 Å². The third-order valence-corrected chi connectivity index (χ3v) is 2.72. The highest BCUT2D eigenvalue weighted by Crippen LogP contribution is 2.09. The number of carbonyl (C=O) groups excluding carboxylic acids is 2. The monoisotopic (exact) mass is 274 g/mol. The van der Waals surface area contributed by atoms with E-state index in [4.69, 9.17) is 6.42 Å². The van der Waals surface area contributed by atoms with Crippen LogP contribution in [0.25, 0.3) is 0 Å². The molecular weight excluding hydrogens is 256 g/mol. The highest BCUT2D eigenvalue weighted by atomic mass is 16.5. The van der Waals surface area contributed by atoms with Crippen molar-refractivity contribution in [3.63, 3.8) is 0 Å². The van der Waals surface area contributed by atoms with Gasteiger partial charge in [0.2, 0.25) is 5.91 Å². The fourth-order valence-corrected chi connectivity index (χ4v) is 1.64. The highest BCUT2D eigenvalue weighted by Gasteiger charge is 2.17. The fourth-order valence-electron chi connectivity index (χ4n) is 1.64. The first kappa shape index (κ1) is 15.7. The van der Waals surface area contributed by atoms with Crippen molar-refractivity contribution >= 4 is 17.6 Å². The summed E-state index contributed by atoms with van der Waals surface area (Å²) >= 11 is 0. The Morgan fingerprint density at radius 2 is 2.20 bits per heavy atom. The van der Waals surface area contributed by atoms with Crippen LogP contribution in [-0.2, 0) is 14.3 Å². The van der Waals surface area contributed by atoms with Gasteiger partial charge in [-0.3, -0.25) is 14.9 Å². The van der Waals surface area contributed by atoms with Gasteiger partial charge in [-0.05, 0) is 24.6 Å². The molecule has 0 saturated carbocycles. The molecule has 20 heavy (non-hydrogen) atoms. The molecule has 0 saturated heterocycles. The topological polar surface area (TPSA) is 67.4 Å². The highest BCUT2D eigenvalue weighted by molar-refractivity contribution is 5.92. The lowest BCUT2D eigenvalue weighted by Crippen LogP contribution is -2.41. The minimum atomic E-state index is -0.484. The number of benzene rings is 1. The van der Waals surface area contributed by atoms with Crippen LogP contribution in [0.1, 0.15) is 18.9 Å². The molecule has 0 radical (unpaired) electrons. The van der Waals surface area contributed by atoms with Crippen LogP contribution in [0, 0.1) is 12.3 Å². The Hall–Kier alpha value is -2.32. The molecule has 0 spiro atoms. The number of rotatable bonds is 6. The molecule has 0 aliphatic rings. The normalized spacial score (nSPS) is 11.2. The number of hydrogen-bond acceptors (Lipinski definition) is 4. The maximum atomic E-state index is 11.8. The molecule has 0 aromatic heterocycles. The summed E-state index contributed by atoms with van der Waals surface area (Å²) in [5.74, 6) is 1.87. The average molecular weight is 274 g/mol. The first-order chi connectivity index (χ1) is 9.60. The van der Waals surface area contributed by atoms with Gasteiger partial charge in [-0.25, -0.2) is 0 Å². The van der Waals surface area contributed by atoms with E-state index < -0.39 is 6.04 Å². The van der Waals surface area contributed by atoms with Crippen molar-refractivity contribution in [2.45, 2.75) is 19.4 Å². The predicted molar refractivity (Wildman–Crippen MR) is 77.1 cm³/mol. The summed E-state index contributed by atoms with van der Waals surface area (Å²) in [4.78, 5) is 23.1. The quantitative estimate of drug-likeness (QED) is 0.603. The summed E-state index contributed by atoms with van der Waals surface area (Å²) in [6, 6.07) is 6.51. The van der Waals surface area contributed by atoms with Crippen molar-refractivity contribution in [3.8, 4) is 12.3 Å². The number of nitrogens with one attached hydrogen (secondary N) is 2. The molecule has 1 aromatic rings. The van der Waals surface area contributed by atoms with Gasteiger partial charge < -0.3 is 10.1 Å². The van der Waals surface area contributed by atoms with E-state index in [1.807, 2.05) is 6.92 Å². The van der Waals surface area contributed by atoms with Gasteiger partial charge in [-0.1, -0.05) is 18.9 Å². The molecule has 0 heterocycles. The molecule has 1 amide bonds. The van der Waals surface area contributed by atoms with Crippen molar-refractivity contribution in [3.05, 3.63) is 29.8 Å². The Kier molecular flexibility index (Phi) is 6.27. The Morgan fingerprint density at radius 3 is 2.80 bits per heavy atom. The van der Waals surface area contributed by atoms with Crippen molar-refractivity contribution in [1.29, 1.82) is 0 Å². The smallest absolute Gasteiger partial charge is 0.322 e. The third-order valence-electron chi connectivity index (χ3n) is 2.72. The summed E-state index contributed by atoms with van der Waals surface area (Å²) in [6.07, 6.45) is 5.84. The molecule has 5 heteroatoms. The second-order valence-corrected chi connectivity index (χ2v) is 4.14. The number of carbonyl (C=O) groups is 2. The summed E-state index contributed by atoms with van der Waals surface area (Å²) < 4.78 is 4.63.